The van der Waals surface area contributed by atoms with Crippen LogP contribution in [0.3, 0.4) is 0 Å². The van der Waals surface area contributed by atoms with Crippen molar-refractivity contribution >= 4 is 28.8 Å². The molecule has 0 saturated carbocycles. The smallest absolute Gasteiger partial charge is 0.224 e. The molecule has 1 heterocycles. The fourth-order valence-electron chi connectivity index (χ4n) is 2.74. The Hall–Kier alpha value is -1.46. The van der Waals surface area contributed by atoms with Gasteiger partial charge in [-0.1, -0.05) is 24.4 Å². The SMILES string of the molecule is CC1CCCN1CCCC(=O)Nc1cccc(C(N)=S)c1. The van der Waals surface area contributed by atoms with Gasteiger partial charge in [-0.15, -0.1) is 0 Å². The van der Waals surface area contributed by atoms with E-state index in [1.54, 1.807) is 0 Å². The molecule has 2 rings (SSSR count). The summed E-state index contributed by atoms with van der Waals surface area (Å²) in [6, 6.07) is 8.00. The van der Waals surface area contributed by atoms with Gasteiger partial charge in [-0.3, -0.25) is 4.79 Å². The first kappa shape index (κ1) is 15.9. The lowest BCUT2D eigenvalue weighted by Crippen LogP contribution is -2.28. The van der Waals surface area contributed by atoms with Gasteiger partial charge < -0.3 is 16.0 Å². The zero-order valence-corrected chi connectivity index (χ0v) is 13.3. The van der Waals surface area contributed by atoms with Crippen LogP contribution in [0.4, 0.5) is 5.69 Å². The van der Waals surface area contributed by atoms with Gasteiger partial charge in [0.25, 0.3) is 0 Å². The van der Waals surface area contributed by atoms with Gasteiger partial charge in [-0.25, -0.2) is 0 Å². The number of carbonyl (C=O) groups excluding carboxylic acids is 1. The molecular weight excluding hydrogens is 282 g/mol. The van der Waals surface area contributed by atoms with E-state index in [1.165, 1.54) is 19.4 Å². The largest absolute Gasteiger partial charge is 0.389 e. The molecule has 114 valence electrons. The number of nitrogens with zero attached hydrogens (tertiary/aromatic N) is 1. The molecule has 1 aliphatic heterocycles. The molecular formula is C16H23N3OS. The van der Waals surface area contributed by atoms with Gasteiger partial charge >= 0.3 is 0 Å². The van der Waals surface area contributed by atoms with E-state index in [2.05, 4.69) is 17.1 Å². The normalized spacial score (nSPS) is 18.6. The minimum Gasteiger partial charge on any atom is -0.389 e. The van der Waals surface area contributed by atoms with Crippen molar-refractivity contribution in [1.29, 1.82) is 0 Å². The van der Waals surface area contributed by atoms with E-state index in [0.717, 1.165) is 24.2 Å². The number of likely N-dealkylation sites (tertiary alicyclic amines) is 1. The molecule has 0 radical (unpaired) electrons. The van der Waals surface area contributed by atoms with Crippen molar-refractivity contribution in [3.05, 3.63) is 29.8 Å². The molecule has 1 amide bonds. The molecule has 4 nitrogen and oxygen atoms in total. The Morgan fingerprint density at radius 3 is 3.00 bits per heavy atom. The molecule has 21 heavy (non-hydrogen) atoms. The topological polar surface area (TPSA) is 58.4 Å². The zero-order valence-electron chi connectivity index (χ0n) is 12.5. The highest BCUT2D eigenvalue weighted by molar-refractivity contribution is 7.80. The first-order valence-electron chi connectivity index (χ1n) is 7.50. The number of hydrogen-bond donors (Lipinski definition) is 2. The quantitative estimate of drug-likeness (QED) is 0.793. The second-order valence-corrected chi connectivity index (χ2v) is 6.06. The summed E-state index contributed by atoms with van der Waals surface area (Å²) in [6.45, 7) is 4.43. The maximum absolute atomic E-state index is 12.0. The molecule has 1 aliphatic rings. The third-order valence-electron chi connectivity index (χ3n) is 3.97. The molecule has 0 aromatic heterocycles. The molecule has 1 aromatic carbocycles. The minimum atomic E-state index is 0.0435. The Kier molecular flexibility index (Phi) is 5.70. The van der Waals surface area contributed by atoms with Crippen LogP contribution in [-0.2, 0) is 4.79 Å². The fourth-order valence-corrected chi connectivity index (χ4v) is 2.87. The number of carbonyl (C=O) groups is 1. The number of rotatable bonds is 6. The van der Waals surface area contributed by atoms with Gasteiger partial charge in [0.05, 0.1) is 0 Å². The number of anilines is 1. The first-order valence-corrected chi connectivity index (χ1v) is 7.91. The predicted molar refractivity (Wildman–Crippen MR) is 90.5 cm³/mol. The molecule has 1 aromatic rings. The van der Waals surface area contributed by atoms with Gasteiger partial charge in [-0.05, 0) is 51.4 Å². The molecule has 0 aliphatic carbocycles. The van der Waals surface area contributed by atoms with E-state index in [9.17, 15) is 4.79 Å². The summed E-state index contributed by atoms with van der Waals surface area (Å²) in [5.74, 6) is 0.0435. The van der Waals surface area contributed by atoms with Crippen molar-refractivity contribution in [3.8, 4) is 0 Å². The average Bonchev–Trinajstić information content (AvgIpc) is 2.85. The van der Waals surface area contributed by atoms with Crippen LogP contribution in [0.15, 0.2) is 24.3 Å². The second-order valence-electron chi connectivity index (χ2n) is 5.62. The summed E-state index contributed by atoms with van der Waals surface area (Å²) in [7, 11) is 0. The van der Waals surface area contributed by atoms with Crippen LogP contribution in [0.25, 0.3) is 0 Å². The molecule has 1 saturated heterocycles. The first-order chi connectivity index (χ1) is 10.1. The predicted octanol–water partition coefficient (Wildman–Crippen LogP) is 2.52. The number of nitrogens with one attached hydrogen (secondary N) is 1. The third kappa shape index (κ3) is 4.79. The van der Waals surface area contributed by atoms with Crippen molar-refractivity contribution in [2.45, 2.75) is 38.6 Å². The molecule has 3 N–H and O–H groups in total. The number of nitrogens with two attached hydrogens (primary N) is 1. The van der Waals surface area contributed by atoms with E-state index >= 15 is 0 Å². The van der Waals surface area contributed by atoms with Crippen molar-refractivity contribution < 1.29 is 4.79 Å². The monoisotopic (exact) mass is 305 g/mol. The van der Waals surface area contributed by atoms with Gasteiger partial charge in [0.2, 0.25) is 5.91 Å². The van der Waals surface area contributed by atoms with Crippen molar-refractivity contribution in [1.82, 2.24) is 4.90 Å². The average molecular weight is 305 g/mol. The lowest BCUT2D eigenvalue weighted by Gasteiger charge is -2.20. The van der Waals surface area contributed by atoms with Gasteiger partial charge in [0, 0.05) is 23.7 Å². The van der Waals surface area contributed by atoms with E-state index in [0.29, 0.717) is 17.5 Å². The molecule has 0 spiro atoms. The Morgan fingerprint density at radius 1 is 1.52 bits per heavy atom. The minimum absolute atomic E-state index is 0.0435. The van der Waals surface area contributed by atoms with Crippen LogP contribution < -0.4 is 11.1 Å². The molecule has 1 fully saturated rings. The van der Waals surface area contributed by atoms with Crippen molar-refractivity contribution in [3.63, 3.8) is 0 Å². The summed E-state index contributed by atoms with van der Waals surface area (Å²) in [5, 5.41) is 2.90. The van der Waals surface area contributed by atoms with Crippen molar-refractivity contribution in [2.24, 2.45) is 5.73 Å². The summed E-state index contributed by atoms with van der Waals surface area (Å²) >= 11 is 4.94. The molecule has 1 atom stereocenters. The number of amides is 1. The van der Waals surface area contributed by atoms with Crippen LogP contribution in [0, 0.1) is 0 Å². The number of benzene rings is 1. The third-order valence-corrected chi connectivity index (χ3v) is 4.21. The maximum Gasteiger partial charge on any atom is 0.224 e. The lowest BCUT2D eigenvalue weighted by molar-refractivity contribution is -0.116. The number of hydrogen-bond acceptors (Lipinski definition) is 3. The Bertz CT molecular complexity index is 518. The van der Waals surface area contributed by atoms with Crippen LogP contribution in [0.2, 0.25) is 0 Å². The van der Waals surface area contributed by atoms with E-state index < -0.39 is 0 Å². The lowest BCUT2D eigenvalue weighted by atomic mass is 10.2. The second kappa shape index (κ2) is 7.52. The van der Waals surface area contributed by atoms with Gasteiger partial charge in [0.15, 0.2) is 0 Å². The van der Waals surface area contributed by atoms with Crippen LogP contribution in [0.5, 0.6) is 0 Å². The molecule has 1 unspecified atom stereocenters. The van der Waals surface area contributed by atoms with Gasteiger partial charge in [-0.2, -0.15) is 0 Å². The standard InChI is InChI=1S/C16H23N3OS/c1-12-5-3-9-19(12)10-4-8-15(20)18-14-7-2-6-13(11-14)16(17)21/h2,6-7,11-12H,3-5,8-10H2,1H3,(H2,17,21)(H,18,20). The summed E-state index contributed by atoms with van der Waals surface area (Å²) in [4.78, 5) is 14.8. The number of thiocarbonyl (C=S) groups is 1. The molecule has 5 heteroatoms. The molecule has 0 bridgehead atoms. The van der Waals surface area contributed by atoms with E-state index in [-0.39, 0.29) is 5.91 Å². The fraction of sp³-hybridized carbons (Fsp3) is 0.500. The van der Waals surface area contributed by atoms with Gasteiger partial charge in [0.1, 0.15) is 4.99 Å². The van der Waals surface area contributed by atoms with E-state index in [1.807, 2.05) is 24.3 Å². The summed E-state index contributed by atoms with van der Waals surface area (Å²) in [5.41, 5.74) is 7.11. The Balaban J connectivity index is 1.76. The highest BCUT2D eigenvalue weighted by Gasteiger charge is 2.19. The van der Waals surface area contributed by atoms with Crippen molar-refractivity contribution in [2.75, 3.05) is 18.4 Å². The Morgan fingerprint density at radius 2 is 2.33 bits per heavy atom. The maximum atomic E-state index is 12.0. The zero-order chi connectivity index (χ0) is 15.2. The Labute approximate surface area is 131 Å². The highest BCUT2D eigenvalue weighted by Crippen LogP contribution is 2.17. The van der Waals surface area contributed by atoms with Crippen LogP contribution in [0.1, 0.15) is 38.2 Å². The van der Waals surface area contributed by atoms with Crippen LogP contribution >= 0.6 is 12.2 Å². The van der Waals surface area contributed by atoms with E-state index in [4.69, 9.17) is 18.0 Å². The summed E-state index contributed by atoms with van der Waals surface area (Å²) < 4.78 is 0. The van der Waals surface area contributed by atoms with Crippen LogP contribution in [-0.4, -0.2) is 34.9 Å². The summed E-state index contributed by atoms with van der Waals surface area (Å²) in [6.07, 6.45) is 3.99. The highest BCUT2D eigenvalue weighted by atomic mass is 32.1.